The summed E-state index contributed by atoms with van der Waals surface area (Å²) < 4.78 is 42.6. The Morgan fingerprint density at radius 2 is 1.69 bits per heavy atom. The number of aromatic nitrogens is 2. The Bertz CT molecular complexity index is 1050. The Labute approximate surface area is 163 Å². The molecule has 9 heteroatoms. The van der Waals surface area contributed by atoms with Crippen LogP contribution in [0.25, 0.3) is 0 Å². The van der Waals surface area contributed by atoms with Crippen molar-refractivity contribution in [2.24, 2.45) is 0 Å². The van der Waals surface area contributed by atoms with Crippen LogP contribution < -0.4 is 15.6 Å². The van der Waals surface area contributed by atoms with Crippen molar-refractivity contribution in [1.29, 1.82) is 0 Å². The van der Waals surface area contributed by atoms with Crippen molar-refractivity contribution in [2.75, 3.05) is 0 Å². The van der Waals surface area contributed by atoms with Crippen molar-refractivity contribution >= 4 is 5.91 Å². The number of hydrogen-bond acceptors (Lipinski definition) is 4. The number of nitrogens with one attached hydrogen (secondary N) is 1. The Morgan fingerprint density at radius 3 is 2.41 bits per heavy atom. The van der Waals surface area contributed by atoms with Crippen LogP contribution in [0.15, 0.2) is 71.5 Å². The fourth-order valence-corrected chi connectivity index (χ4v) is 2.58. The lowest BCUT2D eigenvalue weighted by Gasteiger charge is -2.13. The van der Waals surface area contributed by atoms with Crippen LogP contribution in [-0.4, -0.2) is 22.1 Å². The first-order valence-electron chi connectivity index (χ1n) is 8.56. The molecule has 1 aromatic heterocycles. The van der Waals surface area contributed by atoms with Gasteiger partial charge in [-0.05, 0) is 17.7 Å². The molecule has 0 saturated heterocycles. The van der Waals surface area contributed by atoms with Gasteiger partial charge in [-0.2, -0.15) is 5.10 Å². The highest BCUT2D eigenvalue weighted by atomic mass is 19.4. The molecular formula is C20H16F3N3O3. The molecule has 1 heterocycles. The highest BCUT2D eigenvalue weighted by Crippen LogP contribution is 2.26. The number of nitrogens with zero attached hydrogens (tertiary/aromatic N) is 2. The van der Waals surface area contributed by atoms with Crippen LogP contribution in [0.5, 0.6) is 5.75 Å². The molecule has 1 N–H and O–H groups in total. The summed E-state index contributed by atoms with van der Waals surface area (Å²) in [5.74, 6) is -1.03. The van der Waals surface area contributed by atoms with Crippen LogP contribution in [-0.2, 0) is 13.1 Å². The maximum Gasteiger partial charge on any atom is 0.573 e. The Balaban J connectivity index is 1.72. The largest absolute Gasteiger partial charge is 0.573 e. The van der Waals surface area contributed by atoms with Crippen molar-refractivity contribution in [2.45, 2.75) is 19.5 Å². The molecule has 6 nitrogen and oxygen atoms in total. The summed E-state index contributed by atoms with van der Waals surface area (Å²) in [7, 11) is 0. The van der Waals surface area contributed by atoms with Gasteiger partial charge < -0.3 is 10.1 Å². The second kappa shape index (κ2) is 8.59. The maximum atomic E-state index is 12.5. The van der Waals surface area contributed by atoms with Crippen molar-refractivity contribution < 1.29 is 22.7 Å². The van der Waals surface area contributed by atoms with Crippen LogP contribution in [0.4, 0.5) is 13.2 Å². The first-order chi connectivity index (χ1) is 13.8. The number of benzene rings is 2. The van der Waals surface area contributed by atoms with E-state index in [-0.39, 0.29) is 29.9 Å². The molecule has 150 valence electrons. The molecule has 0 saturated carbocycles. The van der Waals surface area contributed by atoms with Crippen molar-refractivity contribution in [3.05, 3.63) is 93.9 Å². The highest BCUT2D eigenvalue weighted by molar-refractivity contribution is 5.92. The van der Waals surface area contributed by atoms with Crippen LogP contribution in [0.3, 0.4) is 0 Å². The van der Waals surface area contributed by atoms with E-state index in [1.54, 1.807) is 0 Å². The summed E-state index contributed by atoms with van der Waals surface area (Å²) in [5, 5.41) is 6.53. The molecule has 3 aromatic rings. The van der Waals surface area contributed by atoms with Gasteiger partial charge in [0, 0.05) is 18.2 Å². The molecule has 0 unspecified atom stereocenters. The Morgan fingerprint density at radius 1 is 1.00 bits per heavy atom. The number of carbonyl (C=O) groups is 1. The van der Waals surface area contributed by atoms with Gasteiger partial charge in [0.15, 0.2) is 0 Å². The topological polar surface area (TPSA) is 73.2 Å². The van der Waals surface area contributed by atoms with E-state index >= 15 is 0 Å². The van der Waals surface area contributed by atoms with E-state index in [0.29, 0.717) is 0 Å². The van der Waals surface area contributed by atoms with Gasteiger partial charge in [0.1, 0.15) is 11.4 Å². The molecule has 3 rings (SSSR count). The summed E-state index contributed by atoms with van der Waals surface area (Å²) >= 11 is 0. The molecule has 2 aromatic carbocycles. The van der Waals surface area contributed by atoms with Crippen LogP contribution in [0.1, 0.15) is 21.6 Å². The number of carbonyl (C=O) groups excluding carboxylic acids is 1. The fraction of sp³-hybridized carbons (Fsp3) is 0.150. The standard InChI is InChI=1S/C20H16F3N3O3/c21-20(22,23)29-17-9-5-4-8-15(17)12-24-19(28)16-10-11-18(27)26(25-16)13-14-6-2-1-3-7-14/h1-11H,12-13H2,(H,24,28). The van der Waals surface area contributed by atoms with E-state index in [0.717, 1.165) is 16.3 Å². The molecule has 0 fully saturated rings. The normalized spacial score (nSPS) is 11.1. The summed E-state index contributed by atoms with van der Waals surface area (Å²) in [6.07, 6.45) is -4.84. The monoisotopic (exact) mass is 403 g/mol. The number of amides is 1. The number of halogens is 3. The first kappa shape index (κ1) is 20.1. The second-order valence-corrected chi connectivity index (χ2v) is 6.04. The highest BCUT2D eigenvalue weighted by Gasteiger charge is 2.32. The van der Waals surface area contributed by atoms with Crippen LogP contribution >= 0.6 is 0 Å². The lowest BCUT2D eigenvalue weighted by molar-refractivity contribution is -0.274. The number of alkyl halides is 3. The third kappa shape index (κ3) is 5.68. The first-order valence-corrected chi connectivity index (χ1v) is 8.56. The molecule has 0 aliphatic rings. The molecule has 1 amide bonds. The molecule has 29 heavy (non-hydrogen) atoms. The van der Waals surface area contributed by atoms with Gasteiger partial charge in [-0.1, -0.05) is 48.5 Å². The van der Waals surface area contributed by atoms with Crippen LogP contribution in [0, 0.1) is 0 Å². The summed E-state index contributed by atoms with van der Waals surface area (Å²) in [6.45, 7) is -0.0202. The molecule has 0 bridgehead atoms. The molecule has 0 atom stereocenters. The maximum absolute atomic E-state index is 12.5. The van der Waals surface area contributed by atoms with Crippen LogP contribution in [0.2, 0.25) is 0 Å². The predicted molar refractivity (Wildman–Crippen MR) is 98.3 cm³/mol. The number of rotatable bonds is 6. The minimum atomic E-state index is -4.84. The van der Waals surface area contributed by atoms with E-state index in [1.807, 2.05) is 30.3 Å². The smallest absolute Gasteiger partial charge is 0.405 e. The van der Waals surface area contributed by atoms with E-state index in [9.17, 15) is 22.8 Å². The molecule has 0 aliphatic heterocycles. The zero-order chi connectivity index (χ0) is 20.9. The van der Waals surface area contributed by atoms with E-state index in [4.69, 9.17) is 0 Å². The predicted octanol–water partition coefficient (Wildman–Crippen LogP) is 3.12. The fourth-order valence-electron chi connectivity index (χ4n) is 2.58. The summed E-state index contributed by atoms with van der Waals surface area (Å²) in [6, 6.07) is 17.1. The van der Waals surface area contributed by atoms with Gasteiger partial charge in [-0.15, -0.1) is 13.2 Å². The average molecular weight is 403 g/mol. The third-order valence-corrected chi connectivity index (χ3v) is 3.91. The summed E-state index contributed by atoms with van der Waals surface area (Å²) in [4.78, 5) is 24.4. The number of ether oxygens (including phenoxy) is 1. The van der Waals surface area contributed by atoms with E-state index in [1.165, 1.54) is 30.3 Å². The van der Waals surface area contributed by atoms with Gasteiger partial charge in [0.25, 0.3) is 11.5 Å². The molecular weight excluding hydrogens is 387 g/mol. The average Bonchev–Trinajstić information content (AvgIpc) is 2.68. The quantitative estimate of drug-likeness (QED) is 0.687. The van der Waals surface area contributed by atoms with Gasteiger partial charge in [-0.3, -0.25) is 9.59 Å². The van der Waals surface area contributed by atoms with E-state index < -0.39 is 18.0 Å². The van der Waals surface area contributed by atoms with Crippen molar-refractivity contribution in [3.8, 4) is 5.75 Å². The Hall–Kier alpha value is -3.62. The molecule has 0 radical (unpaired) electrons. The minimum absolute atomic E-state index is 0.0326. The number of para-hydroxylation sites is 1. The van der Waals surface area contributed by atoms with E-state index in [2.05, 4.69) is 15.2 Å². The van der Waals surface area contributed by atoms with Gasteiger partial charge in [0.05, 0.1) is 6.54 Å². The summed E-state index contributed by atoms with van der Waals surface area (Å²) in [5.41, 5.74) is 0.567. The third-order valence-electron chi connectivity index (χ3n) is 3.91. The van der Waals surface area contributed by atoms with Gasteiger partial charge in [-0.25, -0.2) is 4.68 Å². The van der Waals surface area contributed by atoms with Crippen molar-refractivity contribution in [3.63, 3.8) is 0 Å². The lowest BCUT2D eigenvalue weighted by atomic mass is 10.2. The van der Waals surface area contributed by atoms with Gasteiger partial charge in [0.2, 0.25) is 0 Å². The van der Waals surface area contributed by atoms with Gasteiger partial charge >= 0.3 is 6.36 Å². The number of hydrogen-bond donors (Lipinski definition) is 1. The second-order valence-electron chi connectivity index (χ2n) is 6.04. The zero-order valence-electron chi connectivity index (χ0n) is 15.0. The molecule has 0 aliphatic carbocycles. The molecule has 0 spiro atoms. The SMILES string of the molecule is O=C(NCc1ccccc1OC(F)(F)F)c1ccc(=O)n(Cc2ccccc2)n1. The minimum Gasteiger partial charge on any atom is -0.405 e. The Kier molecular flexibility index (Phi) is 5.96. The van der Waals surface area contributed by atoms with Crippen molar-refractivity contribution in [1.82, 2.24) is 15.1 Å². The zero-order valence-corrected chi connectivity index (χ0v) is 15.0. The lowest BCUT2D eigenvalue weighted by Crippen LogP contribution is -2.30.